The second-order valence-electron chi connectivity index (χ2n) is 4.36. The molecule has 0 saturated carbocycles. The highest BCUT2D eigenvalue weighted by atomic mass is 15.3. The van der Waals surface area contributed by atoms with E-state index in [2.05, 4.69) is 25.8 Å². The fraction of sp³-hybridized carbons (Fsp3) is 0.417. The molecular formula is C12H19N7. The number of rotatable bonds is 5. The molecule has 19 heavy (non-hydrogen) atoms. The van der Waals surface area contributed by atoms with Gasteiger partial charge in [-0.1, -0.05) is 0 Å². The lowest BCUT2D eigenvalue weighted by Crippen LogP contribution is -2.15. The summed E-state index contributed by atoms with van der Waals surface area (Å²) in [5, 5.41) is 7.44. The van der Waals surface area contributed by atoms with Gasteiger partial charge in [-0.2, -0.15) is 5.10 Å². The van der Waals surface area contributed by atoms with Crippen LogP contribution >= 0.6 is 0 Å². The summed E-state index contributed by atoms with van der Waals surface area (Å²) in [6.45, 7) is 4.55. The average molecular weight is 261 g/mol. The molecule has 0 fully saturated rings. The van der Waals surface area contributed by atoms with Crippen molar-refractivity contribution in [1.82, 2.24) is 19.7 Å². The zero-order chi connectivity index (χ0) is 13.8. The smallest absolute Gasteiger partial charge is 0.148 e. The summed E-state index contributed by atoms with van der Waals surface area (Å²) in [5.41, 5.74) is 4.67. The summed E-state index contributed by atoms with van der Waals surface area (Å²) in [6, 6.07) is 2.01. The van der Waals surface area contributed by atoms with Crippen LogP contribution in [0.15, 0.2) is 12.3 Å². The van der Waals surface area contributed by atoms with E-state index in [0.29, 0.717) is 11.6 Å². The SMILES string of the molecule is Cc1nc(NN)c(C)c(NCCc2ccnn2C)n1. The summed E-state index contributed by atoms with van der Waals surface area (Å²) < 4.78 is 1.87. The predicted molar refractivity (Wildman–Crippen MR) is 74.7 cm³/mol. The van der Waals surface area contributed by atoms with E-state index in [0.717, 1.165) is 24.3 Å². The van der Waals surface area contributed by atoms with Gasteiger partial charge in [0.1, 0.15) is 17.5 Å². The van der Waals surface area contributed by atoms with Gasteiger partial charge in [-0.05, 0) is 19.9 Å². The third-order valence-electron chi connectivity index (χ3n) is 2.99. The van der Waals surface area contributed by atoms with Crippen molar-refractivity contribution in [2.75, 3.05) is 17.3 Å². The van der Waals surface area contributed by atoms with Gasteiger partial charge in [0.05, 0.1) is 0 Å². The van der Waals surface area contributed by atoms with E-state index in [1.54, 1.807) is 6.20 Å². The third kappa shape index (κ3) is 3.00. The van der Waals surface area contributed by atoms with Crippen molar-refractivity contribution in [3.05, 3.63) is 29.3 Å². The molecule has 0 aliphatic heterocycles. The molecule has 102 valence electrons. The minimum absolute atomic E-state index is 0.649. The highest BCUT2D eigenvalue weighted by molar-refractivity contribution is 5.56. The minimum Gasteiger partial charge on any atom is -0.369 e. The molecule has 2 aromatic heterocycles. The molecule has 0 unspecified atom stereocenters. The molecule has 7 heteroatoms. The van der Waals surface area contributed by atoms with E-state index in [4.69, 9.17) is 5.84 Å². The van der Waals surface area contributed by atoms with Crippen LogP contribution in [-0.2, 0) is 13.5 Å². The van der Waals surface area contributed by atoms with E-state index >= 15 is 0 Å². The molecule has 0 spiro atoms. The van der Waals surface area contributed by atoms with E-state index in [1.165, 1.54) is 5.69 Å². The van der Waals surface area contributed by atoms with Crippen LogP contribution in [0.4, 0.5) is 11.6 Å². The Morgan fingerprint density at radius 3 is 2.63 bits per heavy atom. The molecule has 0 aromatic carbocycles. The van der Waals surface area contributed by atoms with Crippen LogP contribution in [-0.4, -0.2) is 26.3 Å². The van der Waals surface area contributed by atoms with E-state index in [1.807, 2.05) is 31.6 Å². The quantitative estimate of drug-likeness (QED) is 0.543. The number of nitrogens with zero attached hydrogens (tertiary/aromatic N) is 4. The molecule has 0 radical (unpaired) electrons. The highest BCUT2D eigenvalue weighted by Crippen LogP contribution is 2.18. The van der Waals surface area contributed by atoms with Crippen LogP contribution in [0, 0.1) is 13.8 Å². The van der Waals surface area contributed by atoms with Gasteiger partial charge < -0.3 is 10.7 Å². The van der Waals surface area contributed by atoms with Crippen LogP contribution in [0.1, 0.15) is 17.1 Å². The molecule has 0 amide bonds. The Labute approximate surface area is 112 Å². The molecule has 2 rings (SSSR count). The van der Waals surface area contributed by atoms with Crippen molar-refractivity contribution in [3.8, 4) is 0 Å². The first-order valence-corrected chi connectivity index (χ1v) is 6.14. The maximum atomic E-state index is 5.43. The molecule has 0 saturated heterocycles. The highest BCUT2D eigenvalue weighted by Gasteiger charge is 2.08. The molecule has 2 aromatic rings. The Hall–Kier alpha value is -2.15. The fourth-order valence-electron chi connectivity index (χ4n) is 1.90. The van der Waals surface area contributed by atoms with Gasteiger partial charge in [-0.25, -0.2) is 15.8 Å². The van der Waals surface area contributed by atoms with Gasteiger partial charge in [-0.3, -0.25) is 4.68 Å². The number of hydrogen-bond donors (Lipinski definition) is 3. The predicted octanol–water partition coefficient (Wildman–Crippen LogP) is 0.767. The number of nitrogens with two attached hydrogens (primary N) is 1. The lowest BCUT2D eigenvalue weighted by Gasteiger charge is -2.12. The number of hydrogen-bond acceptors (Lipinski definition) is 6. The molecule has 0 aliphatic carbocycles. The number of aryl methyl sites for hydroxylation is 2. The Morgan fingerprint density at radius 1 is 1.26 bits per heavy atom. The molecule has 0 atom stereocenters. The first-order chi connectivity index (χ1) is 9.11. The van der Waals surface area contributed by atoms with Crippen molar-refractivity contribution in [2.24, 2.45) is 12.9 Å². The first kappa shape index (κ1) is 13.3. The number of nitrogen functional groups attached to an aromatic ring is 1. The Balaban J connectivity index is 2.03. The van der Waals surface area contributed by atoms with Crippen molar-refractivity contribution in [1.29, 1.82) is 0 Å². The second kappa shape index (κ2) is 5.66. The minimum atomic E-state index is 0.649. The van der Waals surface area contributed by atoms with Gasteiger partial charge in [0, 0.05) is 37.5 Å². The Bertz CT molecular complexity index is 561. The van der Waals surface area contributed by atoms with Gasteiger partial charge in [-0.15, -0.1) is 0 Å². The van der Waals surface area contributed by atoms with Crippen LogP contribution in [0.25, 0.3) is 0 Å². The maximum Gasteiger partial charge on any atom is 0.148 e. The molecule has 0 aliphatic rings. The molecule has 7 nitrogen and oxygen atoms in total. The Kier molecular flexibility index (Phi) is 3.96. The summed E-state index contributed by atoms with van der Waals surface area (Å²) in [5.74, 6) is 7.57. The molecular weight excluding hydrogens is 242 g/mol. The van der Waals surface area contributed by atoms with Crippen molar-refractivity contribution in [3.63, 3.8) is 0 Å². The van der Waals surface area contributed by atoms with Gasteiger partial charge >= 0.3 is 0 Å². The number of nitrogens with one attached hydrogen (secondary N) is 2. The van der Waals surface area contributed by atoms with Crippen LogP contribution < -0.4 is 16.6 Å². The second-order valence-corrected chi connectivity index (χ2v) is 4.36. The Morgan fingerprint density at radius 2 is 2.00 bits per heavy atom. The molecule has 4 N–H and O–H groups in total. The standard InChI is InChI=1S/C12H19N7/c1-8-11(16-9(2)17-12(8)18-13)14-6-4-10-5-7-15-19(10)3/h5,7H,4,6,13H2,1-3H3,(H2,14,16,17,18). The molecule has 2 heterocycles. The summed E-state index contributed by atoms with van der Waals surface area (Å²) in [4.78, 5) is 8.61. The lowest BCUT2D eigenvalue weighted by atomic mass is 10.2. The third-order valence-corrected chi connectivity index (χ3v) is 2.99. The largest absolute Gasteiger partial charge is 0.369 e. The van der Waals surface area contributed by atoms with E-state index < -0.39 is 0 Å². The zero-order valence-corrected chi connectivity index (χ0v) is 11.4. The number of aromatic nitrogens is 4. The molecule has 0 bridgehead atoms. The first-order valence-electron chi connectivity index (χ1n) is 6.14. The summed E-state index contributed by atoms with van der Waals surface area (Å²) >= 11 is 0. The van der Waals surface area contributed by atoms with Gasteiger partial charge in [0.2, 0.25) is 0 Å². The van der Waals surface area contributed by atoms with E-state index in [-0.39, 0.29) is 0 Å². The zero-order valence-electron chi connectivity index (χ0n) is 11.4. The summed E-state index contributed by atoms with van der Waals surface area (Å²) in [6.07, 6.45) is 2.68. The van der Waals surface area contributed by atoms with Crippen molar-refractivity contribution >= 4 is 11.6 Å². The number of anilines is 2. The van der Waals surface area contributed by atoms with Crippen molar-refractivity contribution < 1.29 is 0 Å². The van der Waals surface area contributed by atoms with Crippen LogP contribution in [0.2, 0.25) is 0 Å². The normalized spacial score (nSPS) is 10.5. The van der Waals surface area contributed by atoms with Gasteiger partial charge in [0.25, 0.3) is 0 Å². The summed E-state index contributed by atoms with van der Waals surface area (Å²) in [7, 11) is 1.94. The lowest BCUT2D eigenvalue weighted by molar-refractivity contribution is 0.710. The fourth-order valence-corrected chi connectivity index (χ4v) is 1.90. The van der Waals surface area contributed by atoms with Crippen LogP contribution in [0.3, 0.4) is 0 Å². The monoisotopic (exact) mass is 261 g/mol. The average Bonchev–Trinajstić information content (AvgIpc) is 2.79. The van der Waals surface area contributed by atoms with E-state index in [9.17, 15) is 0 Å². The topological polar surface area (TPSA) is 93.7 Å². The van der Waals surface area contributed by atoms with Gasteiger partial charge in [0.15, 0.2) is 0 Å². The van der Waals surface area contributed by atoms with Crippen LogP contribution in [0.5, 0.6) is 0 Å². The number of hydrazine groups is 1. The van der Waals surface area contributed by atoms with Crippen molar-refractivity contribution in [2.45, 2.75) is 20.3 Å². The maximum absolute atomic E-state index is 5.43.